The first-order chi connectivity index (χ1) is 52.5. The number of amides is 14. The third-order valence-corrected chi connectivity index (χ3v) is 16.4. The van der Waals surface area contributed by atoms with Crippen LogP contribution < -0.4 is 114 Å². The van der Waals surface area contributed by atoms with Crippen molar-refractivity contribution in [2.24, 2.45) is 46.4 Å². The van der Waals surface area contributed by atoms with Crippen molar-refractivity contribution in [1.29, 1.82) is 16.2 Å². The van der Waals surface area contributed by atoms with Gasteiger partial charge in [0.05, 0.1) is 32.4 Å². The highest BCUT2D eigenvalue weighted by molar-refractivity contribution is 6.01. The van der Waals surface area contributed by atoms with E-state index in [9.17, 15) is 96.8 Å². The highest BCUT2D eigenvalue weighted by atomic mass is 16.4. The summed E-state index contributed by atoms with van der Waals surface area (Å²) < 4.78 is 0. The minimum Gasteiger partial charge on any atom is -0.481 e. The molecule has 0 aliphatic carbocycles. The van der Waals surface area contributed by atoms with E-state index in [-0.39, 0.29) is 95.2 Å². The van der Waals surface area contributed by atoms with Crippen LogP contribution in [0.15, 0.2) is 30.5 Å². The number of carbonyl (C=O) groups excluding carboxylic acids is 14. The second kappa shape index (κ2) is 48.8. The maximum atomic E-state index is 14.9. The normalized spacial score (nSPS) is 13.9. The minimum atomic E-state index is -2.12. The number of rotatable bonds is 52. The first-order valence-corrected chi connectivity index (χ1v) is 35.8. The van der Waals surface area contributed by atoms with Gasteiger partial charge in [0.25, 0.3) is 0 Å². The summed E-state index contributed by atoms with van der Waals surface area (Å²) in [4.78, 5) is 231. The van der Waals surface area contributed by atoms with Crippen LogP contribution in [-0.4, -0.2) is 245 Å². The van der Waals surface area contributed by atoms with E-state index in [4.69, 9.17) is 44.9 Å². The van der Waals surface area contributed by atoms with Crippen LogP contribution >= 0.6 is 0 Å². The van der Waals surface area contributed by atoms with Crippen molar-refractivity contribution in [3.8, 4) is 0 Å². The average molecular weight is 1580 g/mol. The van der Waals surface area contributed by atoms with Crippen LogP contribution in [0.4, 0.5) is 0 Å². The van der Waals surface area contributed by atoms with Gasteiger partial charge in [-0.25, -0.2) is 0 Å². The van der Waals surface area contributed by atoms with E-state index in [1.807, 2.05) is 0 Å². The third kappa shape index (κ3) is 37.1. The molecule has 0 saturated heterocycles. The number of hydrogen-bond donors (Lipinski definition) is 28. The van der Waals surface area contributed by atoms with Crippen LogP contribution in [0.5, 0.6) is 0 Å². The number of guanidine groups is 3. The number of fused-ring (bicyclic) bond motifs is 1. The molecule has 2 rings (SSSR count). The van der Waals surface area contributed by atoms with Crippen molar-refractivity contribution < 1.29 is 96.8 Å². The summed E-state index contributed by atoms with van der Waals surface area (Å²) >= 11 is 0. The summed E-state index contributed by atoms with van der Waals surface area (Å²) in [7, 11) is 0. The lowest BCUT2D eigenvalue weighted by atomic mass is 9.99. The van der Waals surface area contributed by atoms with Gasteiger partial charge in [-0.2, -0.15) is 0 Å². The first-order valence-electron chi connectivity index (χ1n) is 35.8. The van der Waals surface area contributed by atoms with Crippen LogP contribution in [0.2, 0.25) is 0 Å². The van der Waals surface area contributed by atoms with Crippen LogP contribution in [0.25, 0.3) is 10.9 Å². The van der Waals surface area contributed by atoms with Gasteiger partial charge < -0.3 is 134 Å². The zero-order chi connectivity index (χ0) is 84.6. The number of carboxylic acids is 3. The smallest absolute Gasteiger partial charge is 0.322 e. The lowest BCUT2D eigenvalue weighted by Crippen LogP contribution is -2.61. The average Bonchev–Trinajstić information content (AvgIpc) is 1.61. The maximum absolute atomic E-state index is 14.9. The minimum absolute atomic E-state index is 0.00528. The number of benzene rings is 1. The van der Waals surface area contributed by atoms with Gasteiger partial charge >= 0.3 is 17.9 Å². The molecule has 0 bridgehead atoms. The van der Waals surface area contributed by atoms with Crippen LogP contribution in [0, 0.1) is 34.0 Å². The highest BCUT2D eigenvalue weighted by Crippen LogP contribution is 2.20. The number of carbonyl (C=O) groups is 17. The van der Waals surface area contributed by atoms with Crippen LogP contribution in [0.3, 0.4) is 0 Å². The Labute approximate surface area is 644 Å². The predicted molar refractivity (Wildman–Crippen MR) is 401 cm³/mol. The second-order valence-electron chi connectivity index (χ2n) is 27.3. The van der Waals surface area contributed by atoms with Crippen LogP contribution in [0.1, 0.15) is 125 Å². The molecule has 1 aromatic carbocycles. The molecule has 14 amide bonds. The van der Waals surface area contributed by atoms with Gasteiger partial charge in [-0.3, -0.25) is 97.7 Å². The number of hydrogen-bond acceptors (Lipinski definition) is 21. The van der Waals surface area contributed by atoms with Gasteiger partial charge in [-0.05, 0) is 87.7 Å². The van der Waals surface area contributed by atoms with E-state index in [0.717, 1.165) is 6.92 Å². The molecule has 0 fully saturated rings. The van der Waals surface area contributed by atoms with E-state index in [1.165, 1.54) is 6.20 Å². The molecule has 0 unspecified atom stereocenters. The molecule has 112 heavy (non-hydrogen) atoms. The molecule has 45 nitrogen and oxygen atoms in total. The van der Waals surface area contributed by atoms with Gasteiger partial charge in [0.1, 0.15) is 73.0 Å². The van der Waals surface area contributed by atoms with Crippen molar-refractivity contribution in [2.45, 2.75) is 192 Å². The SMILES string of the molecule is CC(C)C[C@H](NC(=O)CN)C(=O)N[C@@H](CC(C)C)C(=O)N[C@@H](CC(=O)O)C(=O)NCC(=O)N[C@@H](CC(N)=O)C(=O)N[C@@H](CC(=O)O)C(=O)N[C@@H](C)C(=O)N[C@@H](Cc1c[nH]c2ccccc12)C(=O)N[C@@H](CCCNC(=N)N)C(=O)N[C@@H](CCCNC(=N)N)C(=O)N[C@H](C(=O)N[C@@H](CCCNC(=N)N)C(=O)NCC(=O)O)C(C)C. The molecule has 0 saturated carbocycles. The molecule has 1 heterocycles. The number of aromatic nitrogens is 1. The Morgan fingerprint density at radius 3 is 1.24 bits per heavy atom. The summed E-state index contributed by atoms with van der Waals surface area (Å²) in [5.41, 5.74) is 28.2. The molecule has 11 atom stereocenters. The fourth-order valence-corrected chi connectivity index (χ4v) is 10.9. The van der Waals surface area contributed by atoms with Crippen molar-refractivity contribution in [3.63, 3.8) is 0 Å². The Balaban J connectivity index is 2.53. The van der Waals surface area contributed by atoms with Crippen molar-refractivity contribution in [1.82, 2.24) is 90.1 Å². The molecular weight excluding hydrogens is 1470 g/mol. The zero-order valence-electron chi connectivity index (χ0n) is 63.4. The Kier molecular flexibility index (Phi) is 41.7. The van der Waals surface area contributed by atoms with Crippen molar-refractivity contribution >= 4 is 129 Å². The number of primary amides is 1. The van der Waals surface area contributed by atoms with E-state index in [0.29, 0.717) is 16.5 Å². The van der Waals surface area contributed by atoms with Gasteiger partial charge in [-0.15, -0.1) is 0 Å². The molecule has 0 spiro atoms. The van der Waals surface area contributed by atoms with Gasteiger partial charge in [0.2, 0.25) is 82.7 Å². The molecule has 622 valence electrons. The van der Waals surface area contributed by atoms with Crippen molar-refractivity contribution in [2.75, 3.05) is 39.3 Å². The summed E-state index contributed by atoms with van der Waals surface area (Å²) in [6.07, 6.45) is -2.46. The molecule has 0 radical (unpaired) electrons. The Morgan fingerprint density at radius 2 is 0.777 bits per heavy atom. The number of H-pyrrole nitrogens is 1. The van der Waals surface area contributed by atoms with Crippen LogP contribution in [-0.2, 0) is 87.9 Å². The van der Waals surface area contributed by atoms with Gasteiger partial charge in [0.15, 0.2) is 17.9 Å². The molecule has 2 aromatic rings. The Bertz CT molecular complexity index is 3680. The van der Waals surface area contributed by atoms with E-state index in [1.54, 1.807) is 65.8 Å². The monoisotopic (exact) mass is 1580 g/mol. The molecular formula is C67H109N25O20. The lowest BCUT2D eigenvalue weighted by Gasteiger charge is -2.29. The molecule has 0 aliphatic rings. The number of nitrogens with one attached hydrogen (secondary N) is 20. The quantitative estimate of drug-likeness (QED) is 0.0166. The third-order valence-electron chi connectivity index (χ3n) is 16.4. The summed E-state index contributed by atoms with van der Waals surface area (Å²) in [5.74, 6) is -22.1. The standard InChI is InChI=1S/C67H109N25O20/c1-31(2)21-41(83-48(94)27-68)60(108)89-42(22-32(3)4)61(109)90-45(25-50(96)97)56(104)80-29-49(95)84-44(24-47(69)93)63(111)91-46(26-51(98)99)59(107)82-34(7)54(102)88-43(23-35-28-79-37-14-9-8-13-36(35)37)62(110)86-39(16-11-19-77-66(72)73)57(105)85-40(17-12-20-78-67(74)75)58(106)92-53(33(5)6)64(112)87-38(15-10-18-76-65(70)71)55(103)81-30-52(100)101/h8-9,13-14,28,31-34,38-46,53,79H,10-12,15-27,29-30,68H2,1-7H3,(H2,69,93)(H,80,104)(H,81,103)(H,82,107)(H,83,94)(H,84,95)(H,85,105)(H,86,110)(H,87,112)(H,88,102)(H,89,108)(H,90,109)(H,91,111)(H,92,106)(H,96,97)(H,98,99)(H,100,101)(H4,70,71,76)(H4,72,73,77)(H4,74,75,78)/t34-,38-,39-,40-,41-,42-,43-,44-,45-,46-,53-/m0/s1. The summed E-state index contributed by atoms with van der Waals surface area (Å²) in [6, 6.07) is -11.2. The lowest BCUT2D eigenvalue weighted by molar-refractivity contribution is -0.142. The number of aromatic amines is 1. The predicted octanol–water partition coefficient (Wildman–Crippen LogP) is -8.30. The van der Waals surface area contributed by atoms with E-state index in [2.05, 4.69) is 90.1 Å². The molecule has 0 aliphatic heterocycles. The zero-order valence-corrected chi connectivity index (χ0v) is 63.4. The Morgan fingerprint density at radius 1 is 0.402 bits per heavy atom. The number of aliphatic carboxylic acids is 3. The topological polar surface area (TPSA) is 761 Å². The highest BCUT2D eigenvalue weighted by Gasteiger charge is 2.38. The molecule has 33 N–H and O–H groups in total. The first kappa shape index (κ1) is 95.6. The second-order valence-corrected chi connectivity index (χ2v) is 27.3. The molecule has 45 heteroatoms. The van der Waals surface area contributed by atoms with E-state index < -0.39 is 224 Å². The fraction of sp³-hybridized carbons (Fsp3) is 0.582. The van der Waals surface area contributed by atoms with Gasteiger partial charge in [0, 0.05) is 43.2 Å². The largest absolute Gasteiger partial charge is 0.481 e. The number of carboxylic acid groups (broad SMARTS) is 3. The van der Waals surface area contributed by atoms with Crippen molar-refractivity contribution in [3.05, 3.63) is 36.0 Å². The fourth-order valence-electron chi connectivity index (χ4n) is 10.9. The maximum Gasteiger partial charge on any atom is 0.322 e. The number of para-hydroxylation sites is 1. The Hall–Kier alpha value is -12.5. The summed E-state index contributed by atoms with van der Waals surface area (Å²) in [5, 5.41) is 90.6. The molecule has 1 aromatic heterocycles. The summed E-state index contributed by atoms with van der Waals surface area (Å²) in [6.45, 7) is 8.78. The van der Waals surface area contributed by atoms with E-state index >= 15 is 0 Å². The number of nitrogens with two attached hydrogens (primary N) is 5. The van der Waals surface area contributed by atoms with Gasteiger partial charge in [-0.1, -0.05) is 59.7 Å².